The van der Waals surface area contributed by atoms with Gasteiger partial charge in [0.05, 0.1) is 4.92 Å². The molecule has 1 aliphatic carbocycles. The topological polar surface area (TPSA) is 93.5 Å². The van der Waals surface area contributed by atoms with Gasteiger partial charge in [0.15, 0.2) is 0 Å². The van der Waals surface area contributed by atoms with Crippen molar-refractivity contribution >= 4 is 17.5 Å². The fourth-order valence-electron chi connectivity index (χ4n) is 2.70. The molecule has 1 aromatic carbocycles. The molecule has 0 aliphatic heterocycles. The van der Waals surface area contributed by atoms with E-state index in [-0.39, 0.29) is 12.1 Å². The summed E-state index contributed by atoms with van der Waals surface area (Å²) in [4.78, 5) is 21.8. The fourth-order valence-corrected chi connectivity index (χ4v) is 2.70. The summed E-state index contributed by atoms with van der Waals surface area (Å²) in [5.41, 5.74) is -0.611. The average molecular weight is 339 g/mol. The molecule has 1 amide bonds. The van der Waals surface area contributed by atoms with E-state index in [1.165, 1.54) is 12.1 Å². The molecule has 1 saturated carbocycles. The molecule has 0 aromatic heterocycles. The van der Waals surface area contributed by atoms with Crippen molar-refractivity contribution in [2.24, 2.45) is 0 Å². The van der Waals surface area contributed by atoms with Gasteiger partial charge in [-0.1, -0.05) is 0 Å². The van der Waals surface area contributed by atoms with Crippen molar-refractivity contribution in [3.8, 4) is 0 Å². The van der Waals surface area contributed by atoms with Gasteiger partial charge < -0.3 is 15.4 Å². The number of nitro benzene ring substituents is 1. The van der Waals surface area contributed by atoms with Gasteiger partial charge in [-0.05, 0) is 52.2 Å². The Labute approximate surface area is 139 Å². The molecule has 7 nitrogen and oxygen atoms in total. The maximum Gasteiger partial charge on any atom is 0.407 e. The zero-order chi connectivity index (χ0) is 17.9. The second-order valence-corrected chi connectivity index (χ2v) is 6.92. The molecule has 132 valence electrons. The number of nitrogens with one attached hydrogen (secondary N) is 2. The molecular formula is C16H22FN3O4. The van der Waals surface area contributed by atoms with Crippen molar-refractivity contribution < 1.29 is 18.8 Å². The van der Waals surface area contributed by atoms with Crippen molar-refractivity contribution in [1.82, 2.24) is 5.32 Å². The summed E-state index contributed by atoms with van der Waals surface area (Å²) in [6.07, 6.45) is 1.79. The third-order valence-electron chi connectivity index (χ3n) is 3.67. The highest BCUT2D eigenvalue weighted by atomic mass is 19.1. The van der Waals surface area contributed by atoms with E-state index in [1.54, 1.807) is 20.8 Å². The summed E-state index contributed by atoms with van der Waals surface area (Å²) in [7, 11) is 0. The van der Waals surface area contributed by atoms with Crippen LogP contribution in [-0.4, -0.2) is 28.7 Å². The Morgan fingerprint density at radius 2 is 2.00 bits per heavy atom. The van der Waals surface area contributed by atoms with Gasteiger partial charge in [-0.2, -0.15) is 4.39 Å². The highest BCUT2D eigenvalue weighted by Crippen LogP contribution is 2.26. The Bertz CT molecular complexity index is 630. The number of hydrogen-bond donors (Lipinski definition) is 2. The highest BCUT2D eigenvalue weighted by molar-refractivity contribution is 5.68. The molecule has 1 aromatic rings. The molecule has 24 heavy (non-hydrogen) atoms. The summed E-state index contributed by atoms with van der Waals surface area (Å²) >= 11 is 0. The molecule has 2 unspecified atom stereocenters. The number of rotatable bonds is 4. The van der Waals surface area contributed by atoms with E-state index in [0.717, 1.165) is 18.9 Å². The van der Waals surface area contributed by atoms with Gasteiger partial charge in [0.2, 0.25) is 5.82 Å². The molecule has 8 heteroatoms. The van der Waals surface area contributed by atoms with Gasteiger partial charge in [0.25, 0.3) is 0 Å². The maximum absolute atomic E-state index is 13.3. The Kier molecular flexibility index (Phi) is 5.26. The first kappa shape index (κ1) is 18.0. The number of benzene rings is 1. The molecule has 1 aliphatic rings. The minimum atomic E-state index is -0.860. The lowest BCUT2D eigenvalue weighted by Crippen LogP contribution is -2.38. The van der Waals surface area contributed by atoms with Crippen molar-refractivity contribution in [2.75, 3.05) is 5.32 Å². The summed E-state index contributed by atoms with van der Waals surface area (Å²) in [6, 6.07) is 3.76. The highest BCUT2D eigenvalue weighted by Gasteiger charge is 2.28. The number of hydrogen-bond acceptors (Lipinski definition) is 5. The van der Waals surface area contributed by atoms with Crippen LogP contribution >= 0.6 is 0 Å². The zero-order valence-electron chi connectivity index (χ0n) is 14.0. The molecule has 0 saturated heterocycles. The summed E-state index contributed by atoms with van der Waals surface area (Å²) in [5.74, 6) is -0.860. The molecule has 0 spiro atoms. The monoisotopic (exact) mass is 339 g/mol. The van der Waals surface area contributed by atoms with Gasteiger partial charge in [-0.3, -0.25) is 10.1 Å². The summed E-state index contributed by atoms with van der Waals surface area (Å²) < 4.78 is 18.6. The Morgan fingerprint density at radius 3 is 2.62 bits per heavy atom. The van der Waals surface area contributed by atoms with Crippen LogP contribution in [-0.2, 0) is 4.74 Å². The second kappa shape index (κ2) is 7.02. The van der Waals surface area contributed by atoms with Crippen LogP contribution in [0.4, 0.5) is 20.6 Å². The zero-order valence-corrected chi connectivity index (χ0v) is 14.0. The fraction of sp³-hybridized carbons (Fsp3) is 0.562. The van der Waals surface area contributed by atoms with Crippen LogP contribution in [0.1, 0.15) is 40.0 Å². The Morgan fingerprint density at radius 1 is 1.33 bits per heavy atom. The predicted molar refractivity (Wildman–Crippen MR) is 87.5 cm³/mol. The third-order valence-corrected chi connectivity index (χ3v) is 3.67. The number of halogens is 1. The molecule has 0 heterocycles. The number of alkyl carbamates (subject to hydrolysis) is 1. The number of carbonyl (C=O) groups is 1. The van der Waals surface area contributed by atoms with Gasteiger partial charge >= 0.3 is 11.8 Å². The molecule has 0 radical (unpaired) electrons. The van der Waals surface area contributed by atoms with E-state index in [1.807, 2.05) is 0 Å². The maximum atomic E-state index is 13.3. The molecular weight excluding hydrogens is 317 g/mol. The van der Waals surface area contributed by atoms with Crippen LogP contribution in [0.3, 0.4) is 0 Å². The lowest BCUT2D eigenvalue weighted by atomic mass is 10.2. The molecule has 1 fully saturated rings. The molecule has 2 atom stereocenters. The quantitative estimate of drug-likeness (QED) is 0.646. The second-order valence-electron chi connectivity index (χ2n) is 6.92. The van der Waals surface area contributed by atoms with Crippen LogP contribution in [0.2, 0.25) is 0 Å². The Balaban J connectivity index is 1.89. The number of nitrogens with zero attached hydrogens (tertiary/aromatic N) is 1. The first-order valence-electron chi connectivity index (χ1n) is 7.84. The van der Waals surface area contributed by atoms with Crippen LogP contribution in [0.5, 0.6) is 0 Å². The van der Waals surface area contributed by atoms with E-state index in [2.05, 4.69) is 10.6 Å². The number of carbonyl (C=O) groups excluding carboxylic acids is 1. The summed E-state index contributed by atoms with van der Waals surface area (Å²) in [5, 5.41) is 16.7. The minimum Gasteiger partial charge on any atom is -0.444 e. The normalized spacial score (nSPS) is 20.5. The predicted octanol–water partition coefficient (Wildman–Crippen LogP) is 3.59. The smallest absolute Gasteiger partial charge is 0.407 e. The van der Waals surface area contributed by atoms with Crippen molar-refractivity contribution in [3.05, 3.63) is 34.1 Å². The molecule has 2 N–H and O–H groups in total. The molecule has 2 rings (SSSR count). The van der Waals surface area contributed by atoms with Gasteiger partial charge in [0, 0.05) is 23.8 Å². The minimum absolute atomic E-state index is 0.0206. The standard InChI is InChI=1S/C16H22FN3O4/c1-16(2,3)24-15(21)19-11-5-4-10(8-11)18-12-6-7-13(17)14(9-12)20(22)23/h6-7,9-11,18H,4-5,8H2,1-3H3,(H,19,21). The van der Waals surface area contributed by atoms with E-state index in [0.29, 0.717) is 12.1 Å². The largest absolute Gasteiger partial charge is 0.444 e. The lowest BCUT2D eigenvalue weighted by molar-refractivity contribution is -0.387. The van der Waals surface area contributed by atoms with E-state index < -0.39 is 28.1 Å². The van der Waals surface area contributed by atoms with Gasteiger partial charge in [-0.15, -0.1) is 0 Å². The first-order valence-corrected chi connectivity index (χ1v) is 7.84. The van der Waals surface area contributed by atoms with Crippen LogP contribution < -0.4 is 10.6 Å². The van der Waals surface area contributed by atoms with Gasteiger partial charge in [-0.25, -0.2) is 4.79 Å². The average Bonchev–Trinajstić information content (AvgIpc) is 2.85. The third kappa shape index (κ3) is 5.07. The number of amides is 1. The SMILES string of the molecule is CC(C)(C)OC(=O)NC1CCC(Nc2ccc(F)c([N+](=O)[O-])c2)C1. The van der Waals surface area contributed by atoms with Gasteiger partial charge in [0.1, 0.15) is 5.60 Å². The number of anilines is 1. The van der Waals surface area contributed by atoms with Crippen molar-refractivity contribution in [2.45, 2.75) is 57.7 Å². The van der Waals surface area contributed by atoms with Crippen molar-refractivity contribution in [1.29, 1.82) is 0 Å². The van der Waals surface area contributed by atoms with Crippen LogP contribution in [0.15, 0.2) is 18.2 Å². The van der Waals surface area contributed by atoms with Crippen LogP contribution in [0.25, 0.3) is 0 Å². The number of nitro groups is 1. The van der Waals surface area contributed by atoms with E-state index in [4.69, 9.17) is 4.74 Å². The summed E-state index contributed by atoms with van der Waals surface area (Å²) in [6.45, 7) is 5.40. The van der Waals surface area contributed by atoms with E-state index in [9.17, 15) is 19.3 Å². The van der Waals surface area contributed by atoms with Crippen molar-refractivity contribution in [3.63, 3.8) is 0 Å². The van der Waals surface area contributed by atoms with E-state index >= 15 is 0 Å². The number of ether oxygens (including phenoxy) is 1. The first-order chi connectivity index (χ1) is 11.1. The molecule has 0 bridgehead atoms. The van der Waals surface area contributed by atoms with Crippen LogP contribution in [0, 0.1) is 15.9 Å². The Hall–Kier alpha value is -2.38. The lowest BCUT2D eigenvalue weighted by Gasteiger charge is -2.22.